The van der Waals surface area contributed by atoms with Gasteiger partial charge in [0.05, 0.1) is 0 Å². The number of fused-ring (bicyclic) bond motifs is 2. The van der Waals surface area contributed by atoms with Crippen LogP contribution < -0.4 is 20.4 Å². The van der Waals surface area contributed by atoms with E-state index in [1.54, 1.807) is 0 Å². The summed E-state index contributed by atoms with van der Waals surface area (Å²) in [5.74, 6) is 3.11. The van der Waals surface area contributed by atoms with Gasteiger partial charge in [0.15, 0.2) is 0 Å². The van der Waals surface area contributed by atoms with Crippen LogP contribution in [0.5, 0.6) is 17.2 Å². The van der Waals surface area contributed by atoms with Crippen LogP contribution in [0.4, 0.5) is 0 Å². The third-order valence-corrected chi connectivity index (χ3v) is 6.30. The number of allylic oxidation sites excluding steroid dienone is 3. The van der Waals surface area contributed by atoms with Crippen LogP contribution in [-0.2, 0) is 0 Å². The summed E-state index contributed by atoms with van der Waals surface area (Å²) in [6.45, 7) is 8.56. The Kier molecular flexibility index (Phi) is 4.55. The molecule has 6 rings (SSSR count). The fraction of sp³-hybridized carbons (Fsp3) is 0. The molecule has 0 aliphatic carbocycles. The highest BCUT2D eigenvalue weighted by Crippen LogP contribution is 2.37. The number of ether oxygens (including phenoxy) is 2. The van der Waals surface area contributed by atoms with Gasteiger partial charge < -0.3 is 9.47 Å². The van der Waals surface area contributed by atoms with E-state index in [9.17, 15) is 0 Å². The molecule has 4 aromatic carbocycles. The van der Waals surface area contributed by atoms with Crippen LogP contribution in [0.1, 0.15) is 5.56 Å². The standard InChI is InChI=1S/C30H21BO2/c1-20(22-10-5-3-6-11-22)18-25-21(2)32-28-14-9-15-29-30(28)31(25)26-19-24(16-17-27(26)33-29)23-12-7-4-8-13-23/h3-19H,1-2H2/b25-18+. The number of hydrogen-bond donors (Lipinski definition) is 0. The minimum Gasteiger partial charge on any atom is -0.459 e. The molecule has 2 aliphatic rings. The predicted molar refractivity (Wildman–Crippen MR) is 137 cm³/mol. The molecular formula is C30H21BO2. The van der Waals surface area contributed by atoms with Crippen molar-refractivity contribution in [2.24, 2.45) is 0 Å². The highest BCUT2D eigenvalue weighted by molar-refractivity contribution is 6.94. The van der Waals surface area contributed by atoms with Gasteiger partial charge in [0, 0.05) is 5.46 Å². The van der Waals surface area contributed by atoms with Crippen LogP contribution >= 0.6 is 0 Å². The van der Waals surface area contributed by atoms with E-state index in [1.807, 2.05) is 42.5 Å². The van der Waals surface area contributed by atoms with Gasteiger partial charge in [-0.1, -0.05) is 98.1 Å². The third kappa shape index (κ3) is 3.30. The van der Waals surface area contributed by atoms with Crippen molar-refractivity contribution >= 4 is 23.2 Å². The third-order valence-electron chi connectivity index (χ3n) is 6.30. The molecule has 0 bridgehead atoms. The molecule has 0 fully saturated rings. The summed E-state index contributed by atoms with van der Waals surface area (Å²) in [4.78, 5) is 0. The SMILES string of the molecule is C=C1Oc2cccc3c2B(/C1=C/C(=C)c1ccccc1)c1cc(-c2ccccc2)ccc1O3. The first-order valence-electron chi connectivity index (χ1n) is 11.0. The molecule has 3 heteroatoms. The lowest BCUT2D eigenvalue weighted by molar-refractivity contribution is 0.433. The largest absolute Gasteiger partial charge is 0.459 e. The zero-order valence-electron chi connectivity index (χ0n) is 18.1. The van der Waals surface area contributed by atoms with Gasteiger partial charge >= 0.3 is 0 Å². The highest BCUT2D eigenvalue weighted by atomic mass is 16.5. The zero-order chi connectivity index (χ0) is 22.4. The summed E-state index contributed by atoms with van der Waals surface area (Å²) in [5.41, 5.74) is 7.45. The van der Waals surface area contributed by atoms with E-state index in [1.165, 1.54) is 5.56 Å². The first kappa shape index (κ1) is 19.5. The van der Waals surface area contributed by atoms with E-state index in [2.05, 4.69) is 73.8 Å². The lowest BCUT2D eigenvalue weighted by atomic mass is 9.33. The number of benzene rings is 4. The van der Waals surface area contributed by atoms with Crippen molar-refractivity contribution in [3.05, 3.63) is 133 Å². The Morgan fingerprint density at radius 1 is 0.697 bits per heavy atom. The average molecular weight is 424 g/mol. The Morgan fingerprint density at radius 2 is 1.39 bits per heavy atom. The van der Waals surface area contributed by atoms with Gasteiger partial charge in [0.1, 0.15) is 23.0 Å². The van der Waals surface area contributed by atoms with Gasteiger partial charge in [-0.05, 0) is 51.4 Å². The molecule has 0 radical (unpaired) electrons. The van der Waals surface area contributed by atoms with Crippen LogP contribution in [0.2, 0.25) is 0 Å². The number of hydrogen-bond acceptors (Lipinski definition) is 2. The van der Waals surface area contributed by atoms with E-state index in [4.69, 9.17) is 9.47 Å². The summed E-state index contributed by atoms with van der Waals surface area (Å²) in [6, 6.07) is 32.9. The summed E-state index contributed by atoms with van der Waals surface area (Å²) in [7, 11) is 0. The molecule has 0 saturated heterocycles. The normalized spacial score (nSPS) is 14.7. The van der Waals surface area contributed by atoms with Crippen molar-refractivity contribution in [2.45, 2.75) is 0 Å². The molecule has 0 aromatic heterocycles. The Labute approximate surface area is 194 Å². The fourth-order valence-corrected chi connectivity index (χ4v) is 4.70. The lowest BCUT2D eigenvalue weighted by Gasteiger charge is -2.34. The molecule has 4 aromatic rings. The van der Waals surface area contributed by atoms with Crippen molar-refractivity contribution < 1.29 is 9.47 Å². The summed E-state index contributed by atoms with van der Waals surface area (Å²) in [5, 5.41) is 0. The van der Waals surface area contributed by atoms with Crippen molar-refractivity contribution in [3.8, 4) is 28.4 Å². The molecule has 2 aliphatic heterocycles. The highest BCUT2D eigenvalue weighted by Gasteiger charge is 2.41. The molecule has 2 nitrogen and oxygen atoms in total. The maximum absolute atomic E-state index is 6.33. The Balaban J connectivity index is 1.55. The molecule has 0 N–H and O–H groups in total. The summed E-state index contributed by atoms with van der Waals surface area (Å²) in [6.07, 6.45) is 2.10. The molecule has 0 unspecified atom stereocenters. The molecule has 156 valence electrons. The van der Waals surface area contributed by atoms with Gasteiger partial charge in [-0.3, -0.25) is 0 Å². The maximum atomic E-state index is 6.33. The minimum absolute atomic E-state index is 0.0506. The van der Waals surface area contributed by atoms with Gasteiger partial charge in [-0.25, -0.2) is 0 Å². The van der Waals surface area contributed by atoms with Crippen molar-refractivity contribution in [3.63, 3.8) is 0 Å². The van der Waals surface area contributed by atoms with Crippen LogP contribution in [0.25, 0.3) is 16.7 Å². The first-order chi connectivity index (χ1) is 16.2. The van der Waals surface area contributed by atoms with Gasteiger partial charge in [0.2, 0.25) is 0 Å². The first-order valence-corrected chi connectivity index (χ1v) is 11.0. The predicted octanol–water partition coefficient (Wildman–Crippen LogP) is 6.15. The monoisotopic (exact) mass is 424 g/mol. The second-order valence-electron chi connectivity index (χ2n) is 8.34. The topological polar surface area (TPSA) is 18.5 Å². The van der Waals surface area contributed by atoms with E-state index < -0.39 is 0 Å². The van der Waals surface area contributed by atoms with E-state index >= 15 is 0 Å². The van der Waals surface area contributed by atoms with Crippen LogP contribution in [0.15, 0.2) is 128 Å². The maximum Gasteiger partial charge on any atom is 0.260 e. The van der Waals surface area contributed by atoms with Gasteiger partial charge in [0.25, 0.3) is 6.71 Å². The summed E-state index contributed by atoms with van der Waals surface area (Å²) >= 11 is 0. The summed E-state index contributed by atoms with van der Waals surface area (Å²) < 4.78 is 12.5. The van der Waals surface area contributed by atoms with Crippen LogP contribution in [-0.4, -0.2) is 6.71 Å². The second-order valence-corrected chi connectivity index (χ2v) is 8.34. The fourth-order valence-electron chi connectivity index (χ4n) is 4.70. The van der Waals surface area contributed by atoms with Crippen LogP contribution in [0, 0.1) is 0 Å². The molecule has 0 atom stereocenters. The quantitative estimate of drug-likeness (QED) is 0.367. The van der Waals surface area contributed by atoms with E-state index in [0.717, 1.165) is 50.3 Å². The average Bonchev–Trinajstić information content (AvgIpc) is 2.86. The Morgan fingerprint density at radius 3 is 2.15 bits per heavy atom. The second kappa shape index (κ2) is 7.72. The van der Waals surface area contributed by atoms with Crippen molar-refractivity contribution in [1.29, 1.82) is 0 Å². The van der Waals surface area contributed by atoms with Gasteiger partial charge in [-0.15, -0.1) is 0 Å². The molecule has 0 spiro atoms. The zero-order valence-corrected chi connectivity index (χ0v) is 18.1. The Hall–Kier alpha value is -4.24. The van der Waals surface area contributed by atoms with Crippen LogP contribution in [0.3, 0.4) is 0 Å². The van der Waals surface area contributed by atoms with Crippen molar-refractivity contribution in [2.75, 3.05) is 0 Å². The van der Waals surface area contributed by atoms with E-state index in [0.29, 0.717) is 5.76 Å². The molecule has 0 saturated carbocycles. The Bertz CT molecular complexity index is 1440. The molecule has 0 amide bonds. The molecular weight excluding hydrogens is 403 g/mol. The molecule has 33 heavy (non-hydrogen) atoms. The lowest BCUT2D eigenvalue weighted by Crippen LogP contribution is -2.51. The minimum atomic E-state index is -0.0506. The van der Waals surface area contributed by atoms with Gasteiger partial charge in [-0.2, -0.15) is 0 Å². The smallest absolute Gasteiger partial charge is 0.260 e. The molecule has 2 heterocycles. The number of rotatable bonds is 3. The van der Waals surface area contributed by atoms with Crippen molar-refractivity contribution in [1.82, 2.24) is 0 Å². The van der Waals surface area contributed by atoms with E-state index in [-0.39, 0.29) is 6.71 Å².